The summed E-state index contributed by atoms with van der Waals surface area (Å²) in [5.74, 6) is -2.87. The van der Waals surface area contributed by atoms with Crippen molar-refractivity contribution in [3.05, 3.63) is 17.8 Å². The minimum Gasteiger partial charge on any atom is -0.480 e. The van der Waals surface area contributed by atoms with E-state index in [0.29, 0.717) is 5.69 Å². The summed E-state index contributed by atoms with van der Waals surface area (Å²) in [7, 11) is 0. The number of nitrogens with two attached hydrogens (primary N) is 1. The lowest BCUT2D eigenvalue weighted by molar-refractivity contribution is -0.139. The Morgan fingerprint density at radius 1 is 1.56 bits per heavy atom. The van der Waals surface area contributed by atoms with Crippen LogP contribution in [-0.4, -0.2) is 33.9 Å². The molecule has 2 amide bonds. The van der Waals surface area contributed by atoms with Crippen molar-refractivity contribution in [2.24, 2.45) is 5.73 Å². The number of aryl methyl sites for hydroxylation is 1. The molecule has 1 heterocycles. The fourth-order valence-corrected chi connectivity index (χ4v) is 1.22. The lowest BCUT2D eigenvalue weighted by atomic mass is 10.1. The van der Waals surface area contributed by atoms with Crippen molar-refractivity contribution in [2.45, 2.75) is 25.8 Å². The molecule has 0 saturated carbocycles. The number of primary amides is 1. The van der Waals surface area contributed by atoms with Gasteiger partial charge in [-0.15, -0.1) is 0 Å². The summed E-state index contributed by atoms with van der Waals surface area (Å²) in [4.78, 5) is 36.8. The molecule has 98 valence electrons. The van der Waals surface area contributed by atoms with Gasteiger partial charge in [-0.25, -0.2) is 9.78 Å². The Balaban J connectivity index is 2.63. The van der Waals surface area contributed by atoms with Gasteiger partial charge in [-0.2, -0.15) is 0 Å². The Labute approximate surface area is 102 Å². The lowest BCUT2D eigenvalue weighted by Crippen LogP contribution is -2.41. The number of nitrogens with one attached hydrogen (secondary N) is 1. The SMILES string of the molecule is Cc1coc(C(=O)N[C@@H](CCC(N)=O)C(=O)O)n1. The Hall–Kier alpha value is -2.38. The normalized spacial score (nSPS) is 11.8. The third-order valence-corrected chi connectivity index (χ3v) is 2.10. The van der Waals surface area contributed by atoms with Crippen molar-refractivity contribution in [1.29, 1.82) is 0 Å². The number of rotatable bonds is 6. The predicted octanol–water partition coefficient (Wildman–Crippen LogP) is -0.568. The van der Waals surface area contributed by atoms with Gasteiger partial charge >= 0.3 is 11.9 Å². The van der Waals surface area contributed by atoms with Gasteiger partial charge in [-0.05, 0) is 13.3 Å². The van der Waals surface area contributed by atoms with Gasteiger partial charge in [0.1, 0.15) is 12.3 Å². The number of oxazole rings is 1. The molecular formula is C10H13N3O5. The summed E-state index contributed by atoms with van der Waals surface area (Å²) >= 11 is 0. The molecule has 4 N–H and O–H groups in total. The molecule has 1 aromatic rings. The van der Waals surface area contributed by atoms with Crippen LogP contribution in [0.5, 0.6) is 0 Å². The highest BCUT2D eigenvalue weighted by atomic mass is 16.4. The number of hydrogen-bond acceptors (Lipinski definition) is 5. The minimum atomic E-state index is -1.26. The first-order valence-electron chi connectivity index (χ1n) is 5.14. The van der Waals surface area contributed by atoms with Gasteiger partial charge in [0.25, 0.3) is 5.89 Å². The third kappa shape index (κ3) is 3.89. The molecule has 0 spiro atoms. The van der Waals surface area contributed by atoms with E-state index in [1.165, 1.54) is 6.26 Å². The highest BCUT2D eigenvalue weighted by molar-refractivity contribution is 5.92. The predicted molar refractivity (Wildman–Crippen MR) is 58.6 cm³/mol. The molecule has 0 aliphatic carbocycles. The maximum absolute atomic E-state index is 11.6. The molecule has 0 bridgehead atoms. The number of nitrogens with zero attached hydrogens (tertiary/aromatic N) is 1. The maximum Gasteiger partial charge on any atom is 0.326 e. The van der Waals surface area contributed by atoms with Gasteiger partial charge in [-0.3, -0.25) is 9.59 Å². The first kappa shape index (κ1) is 13.7. The van der Waals surface area contributed by atoms with Crippen LogP contribution in [0.15, 0.2) is 10.7 Å². The van der Waals surface area contributed by atoms with Crippen LogP contribution in [0.1, 0.15) is 29.2 Å². The average molecular weight is 255 g/mol. The van der Waals surface area contributed by atoms with Crippen molar-refractivity contribution in [1.82, 2.24) is 10.3 Å². The molecule has 1 rings (SSSR count). The van der Waals surface area contributed by atoms with Crippen molar-refractivity contribution in [2.75, 3.05) is 0 Å². The van der Waals surface area contributed by atoms with Gasteiger partial charge in [0.2, 0.25) is 5.91 Å². The second-order valence-electron chi connectivity index (χ2n) is 3.66. The van der Waals surface area contributed by atoms with Crippen molar-refractivity contribution < 1.29 is 23.9 Å². The molecule has 0 saturated heterocycles. The summed E-state index contributed by atoms with van der Waals surface area (Å²) in [6.45, 7) is 1.63. The van der Waals surface area contributed by atoms with Gasteiger partial charge < -0.3 is 20.6 Å². The number of amides is 2. The largest absolute Gasteiger partial charge is 0.480 e. The van der Waals surface area contributed by atoms with Crippen LogP contribution < -0.4 is 11.1 Å². The van der Waals surface area contributed by atoms with E-state index in [-0.39, 0.29) is 18.7 Å². The highest BCUT2D eigenvalue weighted by Gasteiger charge is 2.23. The lowest BCUT2D eigenvalue weighted by Gasteiger charge is -2.11. The smallest absolute Gasteiger partial charge is 0.326 e. The number of carboxylic acid groups (broad SMARTS) is 1. The Morgan fingerprint density at radius 2 is 2.22 bits per heavy atom. The summed E-state index contributed by atoms with van der Waals surface area (Å²) in [5, 5.41) is 11.1. The fraction of sp³-hybridized carbons (Fsp3) is 0.400. The molecule has 1 atom stereocenters. The molecule has 0 aliphatic heterocycles. The van der Waals surface area contributed by atoms with Crippen molar-refractivity contribution in [3.63, 3.8) is 0 Å². The molecule has 0 fully saturated rings. The molecule has 8 heteroatoms. The number of carboxylic acids is 1. The molecule has 18 heavy (non-hydrogen) atoms. The standard InChI is InChI=1S/C10H13N3O5/c1-5-4-18-9(12-5)8(15)13-6(10(16)17)2-3-7(11)14/h4,6H,2-3H2,1H3,(H2,11,14)(H,13,15)(H,16,17)/t6-/m0/s1. The average Bonchev–Trinajstić information content (AvgIpc) is 2.70. The van der Waals surface area contributed by atoms with Crippen LogP contribution in [0.4, 0.5) is 0 Å². The molecule has 0 radical (unpaired) electrons. The summed E-state index contributed by atoms with van der Waals surface area (Å²) in [6, 6.07) is -1.21. The summed E-state index contributed by atoms with van der Waals surface area (Å²) < 4.78 is 4.82. The first-order valence-corrected chi connectivity index (χ1v) is 5.14. The zero-order valence-corrected chi connectivity index (χ0v) is 9.67. The number of carbonyl (C=O) groups excluding carboxylic acids is 2. The quantitative estimate of drug-likeness (QED) is 0.622. The number of aromatic nitrogens is 1. The number of hydrogen-bond donors (Lipinski definition) is 3. The van der Waals surface area contributed by atoms with E-state index in [1.54, 1.807) is 6.92 Å². The Morgan fingerprint density at radius 3 is 2.67 bits per heavy atom. The molecule has 1 aromatic heterocycles. The van der Waals surface area contributed by atoms with E-state index in [0.717, 1.165) is 0 Å². The van der Waals surface area contributed by atoms with Crippen LogP contribution >= 0.6 is 0 Å². The molecule has 0 unspecified atom stereocenters. The van der Waals surface area contributed by atoms with Crippen LogP contribution in [0.25, 0.3) is 0 Å². The molecule has 8 nitrogen and oxygen atoms in total. The first-order chi connectivity index (χ1) is 8.40. The number of aliphatic carboxylic acids is 1. The monoisotopic (exact) mass is 255 g/mol. The zero-order valence-electron chi connectivity index (χ0n) is 9.67. The zero-order chi connectivity index (χ0) is 13.7. The van der Waals surface area contributed by atoms with Crippen LogP contribution in [0, 0.1) is 6.92 Å². The van der Waals surface area contributed by atoms with E-state index in [2.05, 4.69) is 10.3 Å². The van der Waals surface area contributed by atoms with Crippen molar-refractivity contribution in [3.8, 4) is 0 Å². The van der Waals surface area contributed by atoms with Gasteiger partial charge in [0.05, 0.1) is 5.69 Å². The van der Waals surface area contributed by atoms with Crippen molar-refractivity contribution >= 4 is 17.8 Å². The Bertz CT molecular complexity index is 468. The number of carbonyl (C=O) groups is 3. The van der Waals surface area contributed by atoms with E-state index >= 15 is 0 Å². The third-order valence-electron chi connectivity index (χ3n) is 2.10. The van der Waals surface area contributed by atoms with Crippen LogP contribution in [0.2, 0.25) is 0 Å². The summed E-state index contributed by atoms with van der Waals surface area (Å²) in [5.41, 5.74) is 5.41. The molecular weight excluding hydrogens is 242 g/mol. The van der Waals surface area contributed by atoms with Gasteiger partial charge in [0.15, 0.2) is 0 Å². The molecule has 0 aromatic carbocycles. The van der Waals surface area contributed by atoms with E-state index in [1.807, 2.05) is 0 Å². The minimum absolute atomic E-state index is 0.0872. The van der Waals surface area contributed by atoms with E-state index in [4.69, 9.17) is 15.3 Å². The summed E-state index contributed by atoms with van der Waals surface area (Å²) in [6.07, 6.45) is 1.05. The van der Waals surface area contributed by atoms with Gasteiger partial charge in [0, 0.05) is 6.42 Å². The van der Waals surface area contributed by atoms with E-state index in [9.17, 15) is 14.4 Å². The second-order valence-corrected chi connectivity index (χ2v) is 3.66. The second kappa shape index (κ2) is 5.80. The topological polar surface area (TPSA) is 136 Å². The fourth-order valence-electron chi connectivity index (χ4n) is 1.22. The molecule has 0 aliphatic rings. The van der Waals surface area contributed by atoms with Crippen LogP contribution in [-0.2, 0) is 9.59 Å². The van der Waals surface area contributed by atoms with Gasteiger partial charge in [-0.1, -0.05) is 0 Å². The maximum atomic E-state index is 11.6. The Kier molecular flexibility index (Phi) is 4.41. The van der Waals surface area contributed by atoms with E-state index < -0.39 is 23.8 Å². The van der Waals surface area contributed by atoms with Crippen LogP contribution in [0.3, 0.4) is 0 Å². The highest BCUT2D eigenvalue weighted by Crippen LogP contribution is 2.03.